The van der Waals surface area contributed by atoms with E-state index in [0.717, 1.165) is 12.8 Å². The molecule has 0 unspecified atom stereocenters. The van der Waals surface area contributed by atoms with Crippen LogP contribution in [-0.2, 0) is 4.79 Å². The van der Waals surface area contributed by atoms with E-state index >= 15 is 0 Å². The van der Waals surface area contributed by atoms with Crippen LogP contribution in [0.2, 0.25) is 0 Å². The van der Waals surface area contributed by atoms with E-state index in [2.05, 4.69) is 0 Å². The van der Waals surface area contributed by atoms with Gasteiger partial charge in [-0.1, -0.05) is 13.3 Å². The van der Waals surface area contributed by atoms with Gasteiger partial charge in [0.05, 0.1) is 0 Å². The summed E-state index contributed by atoms with van der Waals surface area (Å²) in [5, 5.41) is 8.04. The van der Waals surface area contributed by atoms with Crippen molar-refractivity contribution in [2.45, 2.75) is 26.2 Å². The Morgan fingerprint density at radius 3 is 1.58 bits per heavy atom. The third kappa shape index (κ3) is 42.2. The number of hydrogen-bond acceptors (Lipinski definition) is 1. The molecule has 0 rings (SSSR count). The van der Waals surface area contributed by atoms with E-state index in [0.29, 0.717) is 6.42 Å². The summed E-state index contributed by atoms with van der Waals surface area (Å²) in [6.07, 6.45) is 2.08. The van der Waals surface area contributed by atoms with Gasteiger partial charge in [0.15, 0.2) is 0 Å². The summed E-state index contributed by atoms with van der Waals surface area (Å²) in [7, 11) is 0. The predicted octanol–water partition coefficient (Wildman–Crippen LogP) is 2.03. The molecule has 2 radical (unpaired) electrons. The average Bonchev–Trinajstić information content (AvgIpc) is 1.61. The monoisotopic (exact) mass is 368 g/mol. The first kappa shape index (κ1) is 37.6. The minimum absolute atomic E-state index is 0. The fourth-order valence-electron chi connectivity index (χ4n) is 0.328. The van der Waals surface area contributed by atoms with Crippen LogP contribution in [0.3, 0.4) is 0 Å². The second-order valence-electron chi connectivity index (χ2n) is 1.50. The number of halogens is 4. The molecule has 0 amide bonds. The molecule has 0 heterocycles. The molecule has 0 aliphatic carbocycles. The third-order valence-corrected chi connectivity index (χ3v) is 0.744. The van der Waals surface area contributed by atoms with E-state index in [1.54, 1.807) is 0 Å². The van der Waals surface area contributed by atoms with Crippen molar-refractivity contribution in [1.82, 2.24) is 0 Å². The molecular formula is C5H16Cl4O2Sn. The molecule has 7 heteroatoms. The average molecular weight is 369 g/mol. The molecule has 0 aromatic rings. The van der Waals surface area contributed by atoms with E-state index in [-0.39, 0.29) is 73.5 Å². The Balaban J connectivity index is -0.0000000180. The Bertz CT molecular complexity index is 74.5. The molecule has 12 heavy (non-hydrogen) atoms. The van der Waals surface area contributed by atoms with Crippen LogP contribution in [0.15, 0.2) is 0 Å². The summed E-state index contributed by atoms with van der Waals surface area (Å²) in [5.41, 5.74) is 0. The zero-order chi connectivity index (χ0) is 5.70. The van der Waals surface area contributed by atoms with Gasteiger partial charge >= 0.3 is 29.9 Å². The maximum atomic E-state index is 9.76. The van der Waals surface area contributed by atoms with Gasteiger partial charge in [-0.05, 0) is 6.42 Å². The van der Waals surface area contributed by atoms with Crippen molar-refractivity contribution in [3.8, 4) is 0 Å². The van der Waals surface area contributed by atoms with E-state index in [9.17, 15) is 4.79 Å². The Labute approximate surface area is 115 Å². The third-order valence-electron chi connectivity index (χ3n) is 0.744. The quantitative estimate of drug-likeness (QED) is 0.774. The first-order valence-corrected chi connectivity index (χ1v) is 2.49. The fourth-order valence-corrected chi connectivity index (χ4v) is 0.328. The van der Waals surface area contributed by atoms with Crippen molar-refractivity contribution in [2.24, 2.45) is 0 Å². The topological polar surface area (TPSA) is 37.3 Å². The van der Waals surface area contributed by atoms with Gasteiger partial charge in [-0.25, -0.2) is 0 Å². The molecule has 0 fully saturated rings. The summed E-state index contributed by atoms with van der Waals surface area (Å²) in [6.45, 7) is 1.98. The number of hydrogen-bond donors (Lipinski definition) is 1. The van der Waals surface area contributed by atoms with Crippen LogP contribution >= 0.6 is 49.6 Å². The molecule has 0 saturated carbocycles. The Morgan fingerprint density at radius 2 is 1.50 bits per heavy atom. The second kappa shape index (κ2) is 29.4. The molecule has 0 spiro atoms. The van der Waals surface area contributed by atoms with Crippen LogP contribution in [0.1, 0.15) is 26.2 Å². The molecule has 2 nitrogen and oxygen atoms in total. The number of carbonyl (C=O) groups is 1. The standard InChI is InChI=1S/C5H10O2.4ClH.Sn.2H/c1-2-3-4-5(6)7;;;;;;;/h2-4H2,1H3,(H,6,7);4*1H;;;. The van der Waals surface area contributed by atoms with Gasteiger partial charge in [-0.15, -0.1) is 49.6 Å². The van der Waals surface area contributed by atoms with Crippen LogP contribution in [0.5, 0.6) is 0 Å². The Kier molecular flexibility index (Phi) is 92.1. The summed E-state index contributed by atoms with van der Waals surface area (Å²) >= 11 is 0. The van der Waals surface area contributed by atoms with Crippen LogP contribution in [0, 0.1) is 0 Å². The number of rotatable bonds is 3. The van der Waals surface area contributed by atoms with Crippen molar-refractivity contribution >= 4 is 79.5 Å². The van der Waals surface area contributed by atoms with Crippen molar-refractivity contribution < 1.29 is 9.90 Å². The molecule has 1 N–H and O–H groups in total. The van der Waals surface area contributed by atoms with Gasteiger partial charge in [0.2, 0.25) is 0 Å². The summed E-state index contributed by atoms with van der Waals surface area (Å²) in [5.74, 6) is -0.693. The predicted molar refractivity (Wildman–Crippen MR) is 64.7 cm³/mol. The van der Waals surface area contributed by atoms with Crippen LogP contribution in [-0.4, -0.2) is 35.0 Å². The summed E-state index contributed by atoms with van der Waals surface area (Å²) in [6, 6.07) is 0. The molecular weight excluding hydrogens is 353 g/mol. The van der Waals surface area contributed by atoms with Crippen LogP contribution in [0.4, 0.5) is 0 Å². The SMILES string of the molecule is CCCCC(=O)O.Cl.Cl.Cl.Cl.[SnH2]. The first-order chi connectivity index (χ1) is 3.27. The van der Waals surface area contributed by atoms with Crippen molar-refractivity contribution in [1.29, 1.82) is 0 Å². The molecule has 0 atom stereocenters. The number of aliphatic carboxylic acids is 1. The van der Waals surface area contributed by atoms with Crippen LogP contribution < -0.4 is 0 Å². The fraction of sp³-hybridized carbons (Fsp3) is 0.800. The molecule has 0 aliphatic rings. The zero-order valence-electron chi connectivity index (χ0n) is 6.82. The number of carboxylic acids is 1. The van der Waals surface area contributed by atoms with E-state index in [1.165, 1.54) is 0 Å². The van der Waals surface area contributed by atoms with Gasteiger partial charge in [0.1, 0.15) is 0 Å². The summed E-state index contributed by atoms with van der Waals surface area (Å²) < 4.78 is 0. The van der Waals surface area contributed by atoms with Gasteiger partial charge in [0.25, 0.3) is 0 Å². The minimum atomic E-state index is -0.693. The van der Waals surface area contributed by atoms with Crippen molar-refractivity contribution in [3.63, 3.8) is 0 Å². The summed E-state index contributed by atoms with van der Waals surface area (Å²) in [4.78, 5) is 9.76. The van der Waals surface area contributed by atoms with Gasteiger partial charge in [0, 0.05) is 6.42 Å². The first-order valence-electron chi connectivity index (χ1n) is 2.49. The van der Waals surface area contributed by atoms with Crippen molar-refractivity contribution in [3.05, 3.63) is 0 Å². The molecule has 0 aliphatic heterocycles. The maximum absolute atomic E-state index is 9.76. The Hall–Kier alpha value is 1.43. The molecule has 0 aromatic carbocycles. The van der Waals surface area contributed by atoms with E-state index in [4.69, 9.17) is 5.11 Å². The number of unbranched alkanes of at least 4 members (excludes halogenated alkanes) is 1. The Morgan fingerprint density at radius 1 is 1.17 bits per heavy atom. The van der Waals surface area contributed by atoms with Gasteiger partial charge < -0.3 is 5.11 Å². The molecule has 0 aromatic heterocycles. The van der Waals surface area contributed by atoms with Gasteiger partial charge in [-0.3, -0.25) is 4.79 Å². The van der Waals surface area contributed by atoms with Gasteiger partial charge in [-0.2, -0.15) is 0 Å². The van der Waals surface area contributed by atoms with Crippen LogP contribution in [0.25, 0.3) is 0 Å². The molecule has 0 bridgehead atoms. The van der Waals surface area contributed by atoms with E-state index < -0.39 is 5.97 Å². The number of carboxylic acid groups (broad SMARTS) is 1. The zero-order valence-corrected chi connectivity index (χ0v) is 14.1. The second-order valence-corrected chi connectivity index (χ2v) is 1.50. The molecule has 80 valence electrons. The van der Waals surface area contributed by atoms with Crippen molar-refractivity contribution in [2.75, 3.05) is 0 Å². The van der Waals surface area contributed by atoms with E-state index in [1.807, 2.05) is 6.92 Å². The molecule has 0 saturated heterocycles. The normalized spacial score (nSPS) is 5.08.